The Kier molecular flexibility index (Phi) is 5.86. The molecule has 1 N–H and O–H groups in total. The summed E-state index contributed by atoms with van der Waals surface area (Å²) in [4.78, 5) is 7.98. The molecule has 146 valence electrons. The van der Waals surface area contributed by atoms with Crippen LogP contribution in [0.15, 0.2) is 24.5 Å². The van der Waals surface area contributed by atoms with Crippen LogP contribution >= 0.6 is 11.3 Å². The number of ether oxygens (including phenoxy) is 2. The Morgan fingerprint density at radius 1 is 1.22 bits per heavy atom. The lowest BCUT2D eigenvalue weighted by atomic mass is 10.0. The monoisotopic (exact) mass is 390 g/mol. The number of rotatable bonds is 8. The molecule has 1 atom stereocenters. The average Bonchev–Trinajstić information content (AvgIpc) is 3.23. The number of thiazole rings is 1. The number of aromatic hydroxyl groups is 1. The second-order valence-electron chi connectivity index (χ2n) is 6.44. The first-order valence-corrected chi connectivity index (χ1v) is 9.91. The second kappa shape index (κ2) is 8.14. The molecule has 3 rings (SSSR count). The Hall–Kier alpha value is -2.32. The largest absolute Gasteiger partial charge is 0.493 e. The van der Waals surface area contributed by atoms with Crippen LogP contribution in [0.2, 0.25) is 0 Å². The molecule has 0 saturated heterocycles. The van der Waals surface area contributed by atoms with Crippen LogP contribution in [0.4, 0.5) is 0 Å². The van der Waals surface area contributed by atoms with E-state index in [9.17, 15) is 5.11 Å². The summed E-state index contributed by atoms with van der Waals surface area (Å²) < 4.78 is 12.9. The van der Waals surface area contributed by atoms with E-state index in [-0.39, 0.29) is 18.0 Å². The minimum Gasteiger partial charge on any atom is -0.493 e. The Balaban J connectivity index is 2.11. The number of hydrogen-bond acceptors (Lipinski definition) is 7. The SMILES string of the molecule is CCN(CC)C(c1ccc(OC(C)C)c(OC)c1)c1sc2ncnn2c1O. The van der Waals surface area contributed by atoms with Crippen LogP contribution in [0.3, 0.4) is 0 Å². The van der Waals surface area contributed by atoms with E-state index in [1.807, 2.05) is 32.0 Å². The van der Waals surface area contributed by atoms with Gasteiger partial charge in [0.1, 0.15) is 6.33 Å². The zero-order chi connectivity index (χ0) is 19.6. The Morgan fingerprint density at radius 2 is 1.96 bits per heavy atom. The molecule has 0 bridgehead atoms. The maximum Gasteiger partial charge on any atom is 0.230 e. The number of benzene rings is 1. The molecule has 8 heteroatoms. The number of fused-ring (bicyclic) bond motifs is 1. The van der Waals surface area contributed by atoms with Crippen LogP contribution in [-0.4, -0.2) is 50.9 Å². The molecule has 0 amide bonds. The number of aromatic nitrogens is 3. The van der Waals surface area contributed by atoms with Gasteiger partial charge >= 0.3 is 0 Å². The first kappa shape index (κ1) is 19.4. The summed E-state index contributed by atoms with van der Waals surface area (Å²) in [7, 11) is 1.64. The summed E-state index contributed by atoms with van der Waals surface area (Å²) in [6.07, 6.45) is 1.51. The topological polar surface area (TPSA) is 72.1 Å². The molecule has 0 aliphatic rings. The van der Waals surface area contributed by atoms with Gasteiger partial charge in [-0.3, -0.25) is 4.90 Å². The van der Waals surface area contributed by atoms with Gasteiger partial charge in [0, 0.05) is 0 Å². The Bertz CT molecular complexity index is 902. The Labute approximate surface area is 163 Å². The molecular weight excluding hydrogens is 364 g/mol. The van der Waals surface area contributed by atoms with Crippen molar-refractivity contribution in [2.24, 2.45) is 0 Å². The minimum absolute atomic E-state index is 0.0588. The molecule has 0 saturated carbocycles. The summed E-state index contributed by atoms with van der Waals surface area (Å²) in [5.74, 6) is 1.52. The molecule has 7 nitrogen and oxygen atoms in total. The van der Waals surface area contributed by atoms with Crippen LogP contribution in [-0.2, 0) is 0 Å². The lowest BCUT2D eigenvalue weighted by molar-refractivity contribution is 0.228. The van der Waals surface area contributed by atoms with Gasteiger partial charge < -0.3 is 14.6 Å². The van der Waals surface area contributed by atoms with Gasteiger partial charge in [-0.2, -0.15) is 9.61 Å². The molecular formula is C19H26N4O3S. The average molecular weight is 391 g/mol. The first-order valence-electron chi connectivity index (χ1n) is 9.10. The number of nitrogens with zero attached hydrogens (tertiary/aromatic N) is 4. The fourth-order valence-electron chi connectivity index (χ4n) is 3.19. The van der Waals surface area contributed by atoms with Crippen molar-refractivity contribution in [1.29, 1.82) is 0 Å². The maximum atomic E-state index is 10.7. The van der Waals surface area contributed by atoms with E-state index in [2.05, 4.69) is 28.8 Å². The fourth-order valence-corrected chi connectivity index (χ4v) is 4.29. The van der Waals surface area contributed by atoms with Crippen LogP contribution in [0.25, 0.3) is 4.96 Å². The first-order chi connectivity index (χ1) is 13.0. The molecule has 3 aromatic rings. The molecule has 2 heterocycles. The van der Waals surface area contributed by atoms with Crippen LogP contribution in [0, 0.1) is 0 Å². The fraction of sp³-hybridized carbons (Fsp3) is 0.474. The van der Waals surface area contributed by atoms with Gasteiger partial charge in [-0.15, -0.1) is 0 Å². The summed E-state index contributed by atoms with van der Waals surface area (Å²) in [6.45, 7) is 9.86. The quantitative estimate of drug-likeness (QED) is 0.632. The van der Waals surface area contributed by atoms with E-state index < -0.39 is 0 Å². The maximum absolute atomic E-state index is 10.7. The standard InChI is InChI=1S/C19H26N4O3S/c1-6-22(7-2)16(17-18(24)23-19(27-17)20-11-21-23)13-8-9-14(26-12(3)4)15(10-13)25-5/h8-12,16,24H,6-7H2,1-5H3. The molecule has 0 aliphatic heterocycles. The molecule has 27 heavy (non-hydrogen) atoms. The molecule has 0 aliphatic carbocycles. The number of hydrogen-bond donors (Lipinski definition) is 1. The van der Waals surface area contributed by atoms with Crippen molar-refractivity contribution in [3.8, 4) is 17.4 Å². The van der Waals surface area contributed by atoms with Gasteiger partial charge in [-0.05, 0) is 44.6 Å². The van der Waals surface area contributed by atoms with E-state index in [0.717, 1.165) is 23.5 Å². The summed E-state index contributed by atoms with van der Waals surface area (Å²) >= 11 is 1.45. The Morgan fingerprint density at radius 3 is 2.56 bits per heavy atom. The van der Waals surface area contributed by atoms with E-state index in [1.54, 1.807) is 7.11 Å². The van der Waals surface area contributed by atoms with Crippen LogP contribution < -0.4 is 9.47 Å². The number of methoxy groups -OCH3 is 1. The van der Waals surface area contributed by atoms with Crippen LogP contribution in [0.1, 0.15) is 44.2 Å². The summed E-state index contributed by atoms with van der Waals surface area (Å²) in [6, 6.07) is 5.81. The highest BCUT2D eigenvalue weighted by Crippen LogP contribution is 2.41. The van der Waals surface area contributed by atoms with Crippen molar-refractivity contribution in [3.05, 3.63) is 35.0 Å². The van der Waals surface area contributed by atoms with E-state index in [0.29, 0.717) is 16.5 Å². The molecule has 2 aromatic heterocycles. The van der Waals surface area contributed by atoms with Crippen molar-refractivity contribution in [2.45, 2.75) is 39.8 Å². The van der Waals surface area contributed by atoms with Crippen molar-refractivity contribution in [1.82, 2.24) is 19.5 Å². The van der Waals surface area contributed by atoms with Gasteiger partial charge in [-0.25, -0.2) is 4.98 Å². The molecule has 1 aromatic carbocycles. The predicted octanol–water partition coefficient (Wildman–Crippen LogP) is 3.72. The highest BCUT2D eigenvalue weighted by Gasteiger charge is 2.28. The third-order valence-electron chi connectivity index (χ3n) is 4.43. The predicted molar refractivity (Wildman–Crippen MR) is 106 cm³/mol. The van der Waals surface area contributed by atoms with E-state index in [1.165, 1.54) is 22.2 Å². The lowest BCUT2D eigenvalue weighted by Gasteiger charge is -2.29. The zero-order valence-electron chi connectivity index (χ0n) is 16.3. The van der Waals surface area contributed by atoms with Gasteiger partial charge in [0.2, 0.25) is 10.8 Å². The second-order valence-corrected chi connectivity index (χ2v) is 7.45. The molecule has 0 spiro atoms. The molecule has 1 unspecified atom stereocenters. The zero-order valence-corrected chi connectivity index (χ0v) is 17.2. The van der Waals surface area contributed by atoms with Gasteiger partial charge in [-0.1, -0.05) is 31.3 Å². The third-order valence-corrected chi connectivity index (χ3v) is 5.52. The highest BCUT2D eigenvalue weighted by molar-refractivity contribution is 7.17. The lowest BCUT2D eigenvalue weighted by Crippen LogP contribution is -2.29. The molecule has 0 radical (unpaired) electrons. The van der Waals surface area contributed by atoms with Gasteiger partial charge in [0.05, 0.1) is 24.1 Å². The van der Waals surface area contributed by atoms with Gasteiger partial charge in [0.25, 0.3) is 0 Å². The van der Waals surface area contributed by atoms with Crippen molar-refractivity contribution in [3.63, 3.8) is 0 Å². The minimum atomic E-state index is -0.129. The summed E-state index contributed by atoms with van der Waals surface area (Å²) in [5.41, 5.74) is 1.02. The highest BCUT2D eigenvalue weighted by atomic mass is 32.1. The van der Waals surface area contributed by atoms with Crippen molar-refractivity contribution in [2.75, 3.05) is 20.2 Å². The summed E-state index contributed by atoms with van der Waals surface area (Å²) in [5, 5.41) is 14.8. The van der Waals surface area contributed by atoms with Crippen molar-refractivity contribution >= 4 is 16.3 Å². The van der Waals surface area contributed by atoms with Gasteiger partial charge in [0.15, 0.2) is 11.5 Å². The van der Waals surface area contributed by atoms with E-state index in [4.69, 9.17) is 9.47 Å². The smallest absolute Gasteiger partial charge is 0.230 e. The third kappa shape index (κ3) is 3.72. The van der Waals surface area contributed by atoms with Crippen LogP contribution in [0.5, 0.6) is 17.4 Å². The normalized spacial score (nSPS) is 12.9. The van der Waals surface area contributed by atoms with Crippen molar-refractivity contribution < 1.29 is 14.6 Å². The van der Waals surface area contributed by atoms with E-state index >= 15 is 0 Å². The molecule has 0 fully saturated rings.